The molecule has 5 atom stereocenters. The topological polar surface area (TPSA) is 55.2 Å². The third-order valence-electron chi connectivity index (χ3n) is 6.27. The summed E-state index contributed by atoms with van der Waals surface area (Å²) in [5, 5.41) is 15.8. The number of hydrogen-bond donors (Lipinski definition) is 1. The molecule has 7 heteroatoms. The van der Waals surface area contributed by atoms with Crippen LogP contribution in [0.5, 0.6) is 0 Å². The normalized spacial score (nSPS) is 26.6. The second kappa shape index (κ2) is 8.38. The molecule has 1 fully saturated rings. The number of nitrogens with zero attached hydrogens (tertiary/aromatic N) is 1. The van der Waals surface area contributed by atoms with Crippen LogP contribution in [0.15, 0.2) is 77.7 Å². The van der Waals surface area contributed by atoms with Crippen molar-refractivity contribution in [3.05, 3.63) is 99.1 Å². The number of nitrogens with one attached hydrogen (secondary N) is 1. The Labute approximate surface area is 195 Å². The van der Waals surface area contributed by atoms with Gasteiger partial charge >= 0.3 is 0 Å². The lowest BCUT2D eigenvalue weighted by Gasteiger charge is -2.38. The fraction of sp³-hybridized carbons (Fsp3) is 0.250. The number of fused-ring (bicyclic) bond motifs is 3. The number of halogens is 2. The molecule has 1 aliphatic heterocycles. The molecule has 5 rings (SSSR count). The van der Waals surface area contributed by atoms with E-state index in [4.69, 9.17) is 23.2 Å². The van der Waals surface area contributed by atoms with Crippen molar-refractivity contribution >= 4 is 46.3 Å². The van der Waals surface area contributed by atoms with Crippen molar-refractivity contribution in [3.63, 3.8) is 0 Å². The molecule has 1 saturated carbocycles. The Hall–Kier alpha value is -2.21. The fourth-order valence-electron chi connectivity index (χ4n) is 4.95. The number of benzene rings is 3. The Morgan fingerprint density at radius 1 is 1.03 bits per heavy atom. The van der Waals surface area contributed by atoms with Gasteiger partial charge in [-0.3, -0.25) is 10.1 Å². The molecule has 0 saturated heterocycles. The molecule has 1 N–H and O–H groups in total. The van der Waals surface area contributed by atoms with Crippen LogP contribution in [-0.4, -0.2) is 15.6 Å². The highest BCUT2D eigenvalue weighted by atomic mass is 35.5. The molecule has 2 aliphatic rings. The number of alkyl halides is 1. The first-order chi connectivity index (χ1) is 15.0. The fourth-order valence-corrected chi connectivity index (χ4v) is 7.07. The summed E-state index contributed by atoms with van der Waals surface area (Å²) < 4.78 is 0. The summed E-state index contributed by atoms with van der Waals surface area (Å²) in [5.74, 6) is 0.373. The summed E-state index contributed by atoms with van der Waals surface area (Å²) in [4.78, 5) is 11.8. The minimum atomic E-state index is -0.322. The Morgan fingerprint density at radius 2 is 1.77 bits per heavy atom. The van der Waals surface area contributed by atoms with Gasteiger partial charge in [0, 0.05) is 27.9 Å². The lowest BCUT2D eigenvalue weighted by molar-refractivity contribution is -0.387. The number of anilines is 1. The quantitative estimate of drug-likeness (QED) is 0.247. The van der Waals surface area contributed by atoms with Crippen molar-refractivity contribution in [2.45, 2.75) is 33.9 Å². The van der Waals surface area contributed by atoms with E-state index < -0.39 is 0 Å². The predicted molar refractivity (Wildman–Crippen MR) is 127 cm³/mol. The van der Waals surface area contributed by atoms with E-state index in [1.165, 1.54) is 17.3 Å². The highest BCUT2D eigenvalue weighted by molar-refractivity contribution is 8.00. The molecule has 158 valence electrons. The molecule has 4 nitrogen and oxygen atoms in total. The molecular formula is C24H20Cl2N2O2S. The van der Waals surface area contributed by atoms with Gasteiger partial charge in [-0.25, -0.2) is 0 Å². The standard InChI is InChI=1S/C24H20Cl2N2O2S/c25-15-10-11-18-16(12-15)22-17(24(27-18)14-6-2-1-3-7-14)13-21(23(22)26)31-20-9-5-4-8-19(20)28(29)30/h1-12,17,21-24,27H,13H2/t17-,21-,22+,23-,24+/m0/s1. The minimum absolute atomic E-state index is 0.0516. The van der Waals surface area contributed by atoms with Crippen LogP contribution in [0, 0.1) is 16.0 Å². The zero-order chi connectivity index (χ0) is 21.5. The van der Waals surface area contributed by atoms with Crippen molar-refractivity contribution < 1.29 is 4.92 Å². The molecule has 3 aromatic carbocycles. The number of nitro benzene ring substituents is 1. The summed E-state index contributed by atoms with van der Waals surface area (Å²) in [7, 11) is 0. The molecule has 3 aromatic rings. The molecule has 0 unspecified atom stereocenters. The highest BCUT2D eigenvalue weighted by Gasteiger charge is 2.50. The van der Waals surface area contributed by atoms with E-state index in [0.29, 0.717) is 9.92 Å². The van der Waals surface area contributed by atoms with E-state index in [0.717, 1.165) is 17.7 Å². The summed E-state index contributed by atoms with van der Waals surface area (Å²) in [5.41, 5.74) is 3.54. The Balaban J connectivity index is 1.53. The summed E-state index contributed by atoms with van der Waals surface area (Å²) in [6.07, 6.45) is 0.855. The van der Waals surface area contributed by atoms with Crippen LogP contribution >= 0.6 is 35.0 Å². The maximum atomic E-state index is 11.5. The number of nitro groups is 1. The van der Waals surface area contributed by atoms with E-state index in [9.17, 15) is 10.1 Å². The van der Waals surface area contributed by atoms with E-state index in [2.05, 4.69) is 29.6 Å². The molecule has 0 bridgehead atoms. The molecule has 0 aromatic heterocycles. The van der Waals surface area contributed by atoms with E-state index in [1.54, 1.807) is 12.1 Å². The Bertz CT molecular complexity index is 1130. The second-order valence-electron chi connectivity index (χ2n) is 8.02. The van der Waals surface area contributed by atoms with Crippen molar-refractivity contribution in [2.24, 2.45) is 5.92 Å². The minimum Gasteiger partial charge on any atom is -0.378 e. The molecular weight excluding hydrogens is 451 g/mol. The third kappa shape index (κ3) is 3.79. The van der Waals surface area contributed by atoms with Gasteiger partial charge in [0.25, 0.3) is 5.69 Å². The first-order valence-corrected chi connectivity index (χ1v) is 11.9. The molecule has 0 amide bonds. The molecule has 0 spiro atoms. The van der Waals surface area contributed by atoms with Crippen LogP contribution in [0.4, 0.5) is 11.4 Å². The molecule has 31 heavy (non-hydrogen) atoms. The average molecular weight is 471 g/mol. The van der Waals surface area contributed by atoms with Crippen molar-refractivity contribution in [1.29, 1.82) is 0 Å². The van der Waals surface area contributed by atoms with Crippen molar-refractivity contribution in [2.75, 3.05) is 5.32 Å². The zero-order valence-corrected chi connectivity index (χ0v) is 18.8. The lowest BCUT2D eigenvalue weighted by Crippen LogP contribution is -2.31. The summed E-state index contributed by atoms with van der Waals surface area (Å²) >= 11 is 15.0. The number of hydrogen-bond acceptors (Lipinski definition) is 4. The van der Waals surface area contributed by atoms with Crippen LogP contribution in [0.2, 0.25) is 5.02 Å². The van der Waals surface area contributed by atoms with Gasteiger partial charge in [0.05, 0.1) is 21.2 Å². The van der Waals surface area contributed by atoms with Gasteiger partial charge in [0.15, 0.2) is 0 Å². The summed E-state index contributed by atoms with van der Waals surface area (Å²) in [6, 6.07) is 23.4. The highest BCUT2D eigenvalue weighted by Crippen LogP contribution is 2.58. The SMILES string of the molecule is O=[N+]([O-])c1ccccc1S[C@H]1C[C@H]2[C@@H](c3cc(Cl)ccc3N[C@@H]2c2ccccc2)[C@H]1Cl. The smallest absolute Gasteiger partial charge is 0.282 e. The maximum absolute atomic E-state index is 11.5. The molecule has 1 heterocycles. The van der Waals surface area contributed by atoms with Gasteiger partial charge in [-0.1, -0.05) is 54.1 Å². The van der Waals surface area contributed by atoms with E-state index >= 15 is 0 Å². The number of rotatable bonds is 4. The molecule has 1 aliphatic carbocycles. The van der Waals surface area contributed by atoms with Gasteiger partial charge in [0.1, 0.15) is 0 Å². The van der Waals surface area contributed by atoms with Crippen molar-refractivity contribution in [1.82, 2.24) is 0 Å². The predicted octanol–water partition coefficient (Wildman–Crippen LogP) is 7.29. The zero-order valence-electron chi connectivity index (χ0n) is 16.4. The lowest BCUT2D eigenvalue weighted by atomic mass is 9.77. The van der Waals surface area contributed by atoms with Crippen LogP contribution in [0.3, 0.4) is 0 Å². The monoisotopic (exact) mass is 470 g/mol. The molecule has 0 radical (unpaired) electrons. The van der Waals surface area contributed by atoms with Crippen LogP contribution in [0.1, 0.15) is 29.5 Å². The van der Waals surface area contributed by atoms with Crippen LogP contribution in [0.25, 0.3) is 0 Å². The van der Waals surface area contributed by atoms with Crippen molar-refractivity contribution in [3.8, 4) is 0 Å². The van der Waals surface area contributed by atoms with Gasteiger partial charge in [-0.05, 0) is 47.7 Å². The van der Waals surface area contributed by atoms with Crippen LogP contribution < -0.4 is 5.32 Å². The second-order valence-corrected chi connectivity index (χ2v) is 10.2. The number of thioether (sulfide) groups is 1. The van der Waals surface area contributed by atoms with Gasteiger partial charge < -0.3 is 5.32 Å². The Kier molecular flexibility index (Phi) is 5.59. The average Bonchev–Trinajstić information content (AvgIpc) is 3.10. The number of para-hydroxylation sites is 1. The first kappa shape index (κ1) is 20.7. The largest absolute Gasteiger partial charge is 0.378 e. The van der Waals surface area contributed by atoms with E-state index in [-0.39, 0.29) is 39.1 Å². The van der Waals surface area contributed by atoms with Gasteiger partial charge in [-0.2, -0.15) is 0 Å². The summed E-state index contributed by atoms with van der Waals surface area (Å²) in [6.45, 7) is 0. The van der Waals surface area contributed by atoms with E-state index in [1.807, 2.05) is 36.4 Å². The first-order valence-electron chi connectivity index (χ1n) is 10.2. The third-order valence-corrected chi connectivity index (χ3v) is 8.62. The maximum Gasteiger partial charge on any atom is 0.282 e. The van der Waals surface area contributed by atoms with Gasteiger partial charge in [-0.15, -0.1) is 23.4 Å². The van der Waals surface area contributed by atoms with Crippen LogP contribution in [-0.2, 0) is 0 Å². The van der Waals surface area contributed by atoms with Gasteiger partial charge in [0.2, 0.25) is 0 Å². The Morgan fingerprint density at radius 3 is 2.55 bits per heavy atom.